The zero-order chi connectivity index (χ0) is 14.3. The van der Waals surface area contributed by atoms with Crippen molar-refractivity contribution >= 4 is 34.3 Å². The molecular weight excluding hydrogens is 359 g/mol. The first-order valence-electron chi connectivity index (χ1n) is 5.72. The number of Topliss-reactive ketones (excluding diaryl/α,β-unsaturated/α-hetero) is 1. The molecule has 0 saturated carbocycles. The molecule has 1 aromatic rings. The van der Waals surface area contributed by atoms with Gasteiger partial charge in [-0.2, -0.15) is 0 Å². The van der Waals surface area contributed by atoms with Gasteiger partial charge in [-0.1, -0.05) is 18.2 Å². The number of carbonyl (C=O) groups is 2. The lowest BCUT2D eigenvalue weighted by atomic mass is 10.1. The Labute approximate surface area is 125 Å². The third-order valence-electron chi connectivity index (χ3n) is 2.31. The minimum absolute atomic E-state index is 0.235. The monoisotopic (exact) mass is 374 g/mol. The van der Waals surface area contributed by atoms with E-state index in [9.17, 15) is 9.59 Å². The van der Waals surface area contributed by atoms with Gasteiger partial charge in [-0.25, -0.2) is 4.79 Å². The normalized spacial score (nSPS) is 11.7. The van der Waals surface area contributed by atoms with E-state index >= 15 is 0 Å². The summed E-state index contributed by atoms with van der Waals surface area (Å²) in [7, 11) is 0. The van der Waals surface area contributed by atoms with Gasteiger partial charge in [0.15, 0.2) is 18.5 Å². The van der Waals surface area contributed by atoms with E-state index in [1.54, 1.807) is 25.1 Å². The number of hydrogen-bond acceptors (Lipinski definition) is 4. The highest BCUT2D eigenvalue weighted by Crippen LogP contribution is 2.08. The Bertz CT molecular complexity index is 453. The lowest BCUT2D eigenvalue weighted by Gasteiger charge is -2.10. The SMILES string of the molecule is C=CCOC(C)C(=O)OCC(=O)c1ccc(I)cc1. The first-order chi connectivity index (χ1) is 9.04. The Morgan fingerprint density at radius 3 is 2.58 bits per heavy atom. The molecule has 19 heavy (non-hydrogen) atoms. The highest BCUT2D eigenvalue weighted by Gasteiger charge is 2.16. The zero-order valence-electron chi connectivity index (χ0n) is 10.6. The second-order valence-electron chi connectivity index (χ2n) is 3.80. The van der Waals surface area contributed by atoms with Gasteiger partial charge in [0.1, 0.15) is 0 Å². The molecule has 1 rings (SSSR count). The molecule has 0 bridgehead atoms. The molecule has 0 radical (unpaired) electrons. The summed E-state index contributed by atoms with van der Waals surface area (Å²) in [6.45, 7) is 5.04. The van der Waals surface area contributed by atoms with E-state index in [2.05, 4.69) is 29.2 Å². The first kappa shape index (κ1) is 15.8. The molecule has 0 saturated heterocycles. The Hall–Kier alpha value is -1.21. The maximum atomic E-state index is 11.8. The minimum atomic E-state index is -0.706. The van der Waals surface area contributed by atoms with Crippen LogP contribution in [0.1, 0.15) is 17.3 Å². The summed E-state index contributed by atoms with van der Waals surface area (Å²) in [5, 5.41) is 0. The van der Waals surface area contributed by atoms with Crippen molar-refractivity contribution in [2.75, 3.05) is 13.2 Å². The molecule has 1 atom stereocenters. The number of esters is 1. The molecular formula is C14H15IO4. The number of benzene rings is 1. The van der Waals surface area contributed by atoms with Gasteiger partial charge in [-0.3, -0.25) is 4.79 Å². The molecule has 0 spiro atoms. The van der Waals surface area contributed by atoms with Gasteiger partial charge in [0, 0.05) is 9.13 Å². The Morgan fingerprint density at radius 1 is 1.37 bits per heavy atom. The molecule has 0 heterocycles. The largest absolute Gasteiger partial charge is 0.455 e. The summed E-state index contributed by atoms with van der Waals surface area (Å²) in [5.41, 5.74) is 0.521. The van der Waals surface area contributed by atoms with Gasteiger partial charge < -0.3 is 9.47 Å². The van der Waals surface area contributed by atoms with Crippen LogP contribution >= 0.6 is 22.6 Å². The van der Waals surface area contributed by atoms with Crippen LogP contribution in [0.3, 0.4) is 0 Å². The van der Waals surface area contributed by atoms with Crippen LogP contribution in [-0.4, -0.2) is 31.1 Å². The van der Waals surface area contributed by atoms with E-state index in [4.69, 9.17) is 9.47 Å². The van der Waals surface area contributed by atoms with Crippen LogP contribution in [0.2, 0.25) is 0 Å². The fourth-order valence-corrected chi connectivity index (χ4v) is 1.61. The van der Waals surface area contributed by atoms with Gasteiger partial charge in [-0.15, -0.1) is 6.58 Å². The van der Waals surface area contributed by atoms with E-state index in [1.807, 2.05) is 12.1 Å². The highest BCUT2D eigenvalue weighted by atomic mass is 127. The summed E-state index contributed by atoms with van der Waals surface area (Å²) < 4.78 is 11.0. The number of halogens is 1. The quantitative estimate of drug-likeness (QED) is 0.319. The number of rotatable bonds is 7. The van der Waals surface area contributed by atoms with Gasteiger partial charge >= 0.3 is 5.97 Å². The Balaban J connectivity index is 2.43. The minimum Gasteiger partial charge on any atom is -0.455 e. The summed E-state index contributed by atoms with van der Waals surface area (Å²) in [4.78, 5) is 23.3. The molecule has 0 fully saturated rings. The average molecular weight is 374 g/mol. The van der Waals surface area contributed by atoms with Crippen LogP contribution in [0.4, 0.5) is 0 Å². The van der Waals surface area contributed by atoms with Crippen molar-refractivity contribution in [1.29, 1.82) is 0 Å². The van der Waals surface area contributed by atoms with Gasteiger partial charge in [0.05, 0.1) is 6.61 Å². The number of ketones is 1. The van der Waals surface area contributed by atoms with Crippen LogP contribution in [0, 0.1) is 3.57 Å². The van der Waals surface area contributed by atoms with Crippen molar-refractivity contribution in [2.24, 2.45) is 0 Å². The van der Waals surface area contributed by atoms with Crippen LogP contribution in [-0.2, 0) is 14.3 Å². The molecule has 0 amide bonds. The first-order valence-corrected chi connectivity index (χ1v) is 6.80. The standard InChI is InChI=1S/C14H15IO4/c1-3-8-18-10(2)14(17)19-9-13(16)11-4-6-12(15)7-5-11/h3-7,10H,1,8-9H2,2H3. The van der Waals surface area contributed by atoms with Crippen molar-refractivity contribution in [1.82, 2.24) is 0 Å². The highest BCUT2D eigenvalue weighted by molar-refractivity contribution is 14.1. The van der Waals surface area contributed by atoms with Crippen molar-refractivity contribution in [2.45, 2.75) is 13.0 Å². The lowest BCUT2D eigenvalue weighted by molar-refractivity contribution is -0.154. The van der Waals surface area contributed by atoms with Crippen LogP contribution in [0.25, 0.3) is 0 Å². The van der Waals surface area contributed by atoms with Crippen molar-refractivity contribution in [3.05, 3.63) is 46.1 Å². The predicted octanol–water partition coefficient (Wildman–Crippen LogP) is 2.61. The Morgan fingerprint density at radius 2 is 2.00 bits per heavy atom. The summed E-state index contributed by atoms with van der Waals surface area (Å²) in [6.07, 6.45) is 0.836. The van der Waals surface area contributed by atoms with Gasteiger partial charge in [-0.05, 0) is 41.6 Å². The number of carbonyl (C=O) groups excluding carboxylic acids is 2. The molecule has 1 unspecified atom stereocenters. The maximum Gasteiger partial charge on any atom is 0.335 e. The molecule has 1 aromatic carbocycles. The van der Waals surface area contributed by atoms with Crippen molar-refractivity contribution in [3.63, 3.8) is 0 Å². The number of ether oxygens (including phenoxy) is 2. The fourth-order valence-electron chi connectivity index (χ4n) is 1.25. The molecule has 0 aliphatic carbocycles. The molecule has 102 valence electrons. The lowest BCUT2D eigenvalue weighted by Crippen LogP contribution is -2.25. The summed E-state index contributed by atoms with van der Waals surface area (Å²) in [5.74, 6) is -0.790. The van der Waals surface area contributed by atoms with Crippen LogP contribution in [0.5, 0.6) is 0 Å². The average Bonchev–Trinajstić information content (AvgIpc) is 2.42. The molecule has 0 aromatic heterocycles. The second kappa shape index (κ2) is 8.06. The third-order valence-corrected chi connectivity index (χ3v) is 3.03. The number of hydrogen-bond donors (Lipinski definition) is 0. The van der Waals surface area contributed by atoms with E-state index in [0.29, 0.717) is 5.56 Å². The van der Waals surface area contributed by atoms with Gasteiger partial charge in [0.2, 0.25) is 0 Å². The Kier molecular flexibility index (Phi) is 6.72. The third kappa shape index (κ3) is 5.52. The van der Waals surface area contributed by atoms with E-state index in [0.717, 1.165) is 3.57 Å². The van der Waals surface area contributed by atoms with Crippen LogP contribution < -0.4 is 0 Å². The van der Waals surface area contributed by atoms with Crippen LogP contribution in [0.15, 0.2) is 36.9 Å². The van der Waals surface area contributed by atoms with E-state index < -0.39 is 12.1 Å². The maximum absolute atomic E-state index is 11.8. The van der Waals surface area contributed by atoms with Crippen molar-refractivity contribution < 1.29 is 19.1 Å². The topological polar surface area (TPSA) is 52.6 Å². The fraction of sp³-hybridized carbons (Fsp3) is 0.286. The van der Waals surface area contributed by atoms with E-state index in [1.165, 1.54) is 0 Å². The molecule has 0 aliphatic heterocycles. The molecule has 0 aliphatic rings. The van der Waals surface area contributed by atoms with Crippen molar-refractivity contribution in [3.8, 4) is 0 Å². The van der Waals surface area contributed by atoms with E-state index in [-0.39, 0.29) is 19.0 Å². The summed E-state index contributed by atoms with van der Waals surface area (Å²) >= 11 is 2.15. The second-order valence-corrected chi connectivity index (χ2v) is 5.05. The van der Waals surface area contributed by atoms with Gasteiger partial charge in [0.25, 0.3) is 0 Å². The molecule has 5 heteroatoms. The predicted molar refractivity (Wildman–Crippen MR) is 80.1 cm³/mol. The zero-order valence-corrected chi connectivity index (χ0v) is 12.8. The molecule has 0 N–H and O–H groups in total. The molecule has 4 nitrogen and oxygen atoms in total. The smallest absolute Gasteiger partial charge is 0.335 e. The summed E-state index contributed by atoms with van der Waals surface area (Å²) in [6, 6.07) is 7.06.